The summed E-state index contributed by atoms with van der Waals surface area (Å²) in [6.07, 6.45) is 0. The average molecular weight is 863 g/mol. The van der Waals surface area contributed by atoms with Gasteiger partial charge < -0.3 is 27.4 Å². The summed E-state index contributed by atoms with van der Waals surface area (Å²) in [4.78, 5) is 5.79. The Bertz CT molecular complexity index is 1690. The van der Waals surface area contributed by atoms with Gasteiger partial charge in [-0.3, -0.25) is 0 Å². The fourth-order valence-corrected chi connectivity index (χ4v) is 6.99. The second-order valence-electron chi connectivity index (χ2n) is 6.36. The van der Waals surface area contributed by atoms with Crippen molar-refractivity contribution in [3.8, 4) is 22.9 Å². The van der Waals surface area contributed by atoms with E-state index in [2.05, 4.69) is 89.6 Å². The summed E-state index contributed by atoms with van der Waals surface area (Å²) in [6.45, 7) is 0. The molecule has 0 saturated carbocycles. The van der Waals surface area contributed by atoms with Crippen LogP contribution in [-0.4, -0.2) is 35.9 Å². The number of H-pyrrole nitrogens is 2. The number of rotatable bonds is 5. The summed E-state index contributed by atoms with van der Waals surface area (Å²) in [6, 6.07) is 4.77. The minimum Gasteiger partial charge on any atom is -0.716 e. The maximum Gasteiger partial charge on any atom is 1.00 e. The molecule has 2 N–H and O–H groups in total. The zero-order valence-electron chi connectivity index (χ0n) is 17.2. The van der Waals surface area contributed by atoms with Crippen LogP contribution in [0, 0.1) is 0 Å². The maximum absolute atomic E-state index is 11.6. The molecular formula is C16H5Br5N2Na2O8S2. The summed E-state index contributed by atoms with van der Waals surface area (Å²) >= 11 is 16.6. The van der Waals surface area contributed by atoms with Gasteiger partial charge in [0.2, 0.25) is 0 Å². The number of hydrogen-bond acceptors (Lipinski definition) is 8. The van der Waals surface area contributed by atoms with Gasteiger partial charge in [-0.1, -0.05) is 15.9 Å². The van der Waals surface area contributed by atoms with Gasteiger partial charge >= 0.3 is 59.1 Å². The number of benzene rings is 2. The van der Waals surface area contributed by atoms with Crippen LogP contribution in [0.1, 0.15) is 0 Å². The van der Waals surface area contributed by atoms with E-state index in [-0.39, 0.29) is 81.3 Å². The van der Waals surface area contributed by atoms with Crippen LogP contribution in [0.25, 0.3) is 33.2 Å². The molecule has 0 atom stereocenters. The molecular weight excluding hydrogens is 858 g/mol. The van der Waals surface area contributed by atoms with Crippen molar-refractivity contribution >= 4 is 122 Å². The summed E-state index contributed by atoms with van der Waals surface area (Å²) in [5.41, 5.74) is 0.295. The summed E-state index contributed by atoms with van der Waals surface area (Å²) in [5.74, 6) is -0.892. The Morgan fingerprint density at radius 2 is 1.17 bits per heavy atom. The van der Waals surface area contributed by atoms with Crippen molar-refractivity contribution in [2.24, 2.45) is 0 Å². The number of aromatic nitrogens is 2. The van der Waals surface area contributed by atoms with E-state index >= 15 is 0 Å². The van der Waals surface area contributed by atoms with E-state index in [9.17, 15) is 25.9 Å². The zero-order valence-corrected chi connectivity index (χ0v) is 30.8. The fourth-order valence-electron chi connectivity index (χ4n) is 3.16. The first-order valence-corrected chi connectivity index (χ1v) is 14.8. The van der Waals surface area contributed by atoms with Gasteiger partial charge in [0.25, 0.3) is 20.8 Å². The molecule has 0 fully saturated rings. The SMILES string of the molecule is O=S(=O)([O-])Oc1c(-c2[nH]c3c(Br)cc(Br)c(Br)c3c2OS(=O)(=O)[O-])[nH]c2c(Br)cc(Br)cc12.[Na+].[Na+]. The monoisotopic (exact) mass is 858 g/mol. The van der Waals surface area contributed by atoms with Gasteiger partial charge in [-0.25, -0.2) is 16.8 Å². The van der Waals surface area contributed by atoms with Crippen LogP contribution >= 0.6 is 79.6 Å². The molecule has 2 heterocycles. The van der Waals surface area contributed by atoms with Gasteiger partial charge in [0.05, 0.1) is 16.4 Å². The number of hydrogen-bond donors (Lipinski definition) is 2. The topological polar surface area (TPSA) is 164 Å². The summed E-state index contributed by atoms with van der Waals surface area (Å²) in [7, 11) is -10.5. The number of halogens is 5. The molecule has 2 aromatic heterocycles. The quantitative estimate of drug-likeness (QED) is 0.121. The van der Waals surface area contributed by atoms with E-state index in [4.69, 9.17) is 8.37 Å². The molecule has 0 unspecified atom stereocenters. The van der Waals surface area contributed by atoms with Crippen molar-refractivity contribution in [2.75, 3.05) is 0 Å². The first-order chi connectivity index (χ1) is 15.2. The number of fused-ring (bicyclic) bond motifs is 2. The average Bonchev–Trinajstić information content (AvgIpc) is 3.17. The number of aromatic amines is 2. The van der Waals surface area contributed by atoms with E-state index in [0.717, 1.165) is 0 Å². The van der Waals surface area contributed by atoms with Gasteiger partial charge in [0.1, 0.15) is 11.4 Å². The molecule has 35 heavy (non-hydrogen) atoms. The van der Waals surface area contributed by atoms with Crippen molar-refractivity contribution in [1.29, 1.82) is 0 Å². The number of nitrogens with one attached hydrogen (secondary N) is 2. The van der Waals surface area contributed by atoms with E-state index < -0.39 is 32.3 Å². The standard InChI is InChI=1S/C16H7Br5N2O8S2.2Na/c17-4-1-5-11(7(19)2-4)22-13(15(5)30-32(24,25)26)14-16(31-33(27,28)29)9-10(21)6(18)3-8(20)12(9)23-14;;/h1-3,22-23H,(H,24,25,26)(H,27,28,29);;/q;2*+1/p-2. The van der Waals surface area contributed by atoms with Crippen molar-refractivity contribution < 1.29 is 93.4 Å². The van der Waals surface area contributed by atoms with Crippen LogP contribution in [0.4, 0.5) is 0 Å². The third-order valence-corrected chi connectivity index (χ3v) is 8.70. The third-order valence-electron chi connectivity index (χ3n) is 4.27. The molecule has 176 valence electrons. The summed E-state index contributed by atoms with van der Waals surface area (Å²) in [5, 5.41) is 0.306. The molecule has 0 amide bonds. The zero-order chi connectivity index (χ0) is 24.5. The molecule has 0 saturated heterocycles. The fraction of sp³-hybridized carbons (Fsp3) is 0. The Kier molecular flexibility index (Phi) is 11.0. The largest absolute Gasteiger partial charge is 1.00 e. The molecule has 0 aliphatic heterocycles. The summed E-state index contributed by atoms with van der Waals surface area (Å²) < 4.78 is 80.9. The predicted molar refractivity (Wildman–Crippen MR) is 135 cm³/mol. The van der Waals surface area contributed by atoms with Crippen LogP contribution in [0.3, 0.4) is 0 Å². The molecule has 0 bridgehead atoms. The molecule has 10 nitrogen and oxygen atoms in total. The van der Waals surface area contributed by atoms with Crippen LogP contribution in [0.5, 0.6) is 11.5 Å². The molecule has 0 aliphatic carbocycles. The Hall–Kier alpha value is 1.34. The van der Waals surface area contributed by atoms with E-state index in [0.29, 0.717) is 33.4 Å². The first-order valence-electron chi connectivity index (χ1n) is 8.17. The molecule has 19 heteroatoms. The minimum atomic E-state index is -5.28. The normalized spacial score (nSPS) is 11.9. The smallest absolute Gasteiger partial charge is 0.716 e. The predicted octanol–water partition coefficient (Wildman–Crippen LogP) is -0.185. The van der Waals surface area contributed by atoms with Crippen molar-refractivity contribution in [1.82, 2.24) is 9.97 Å². The van der Waals surface area contributed by atoms with Gasteiger partial charge in [0, 0.05) is 27.7 Å². The van der Waals surface area contributed by atoms with Gasteiger partial charge in [-0.05, 0) is 81.9 Å². The second kappa shape index (κ2) is 11.8. The Balaban J connectivity index is 0.00000216. The molecule has 4 rings (SSSR count). The Morgan fingerprint density at radius 3 is 1.74 bits per heavy atom. The van der Waals surface area contributed by atoms with Gasteiger partial charge in [0.15, 0.2) is 11.5 Å². The second-order valence-corrected chi connectivity index (χ2v) is 12.6. The Labute approximate surface area is 284 Å². The van der Waals surface area contributed by atoms with E-state index in [1.807, 2.05) is 0 Å². The van der Waals surface area contributed by atoms with Crippen LogP contribution in [0.15, 0.2) is 40.6 Å². The van der Waals surface area contributed by atoms with Crippen molar-refractivity contribution in [3.05, 3.63) is 40.6 Å². The van der Waals surface area contributed by atoms with Gasteiger partial charge in [-0.2, -0.15) is 0 Å². The van der Waals surface area contributed by atoms with E-state index in [1.165, 1.54) is 6.07 Å². The molecule has 4 aromatic rings. The molecule has 0 spiro atoms. The van der Waals surface area contributed by atoms with E-state index in [1.54, 1.807) is 12.1 Å². The van der Waals surface area contributed by atoms with Crippen LogP contribution < -0.4 is 67.5 Å². The molecule has 0 radical (unpaired) electrons. The van der Waals surface area contributed by atoms with Gasteiger partial charge in [-0.15, -0.1) is 0 Å². The Morgan fingerprint density at radius 1 is 0.686 bits per heavy atom. The first kappa shape index (κ1) is 32.6. The minimum absolute atomic E-state index is 0. The molecule has 2 aromatic carbocycles. The van der Waals surface area contributed by atoms with Crippen molar-refractivity contribution in [3.63, 3.8) is 0 Å². The van der Waals surface area contributed by atoms with Crippen LogP contribution in [0.2, 0.25) is 0 Å². The van der Waals surface area contributed by atoms with Crippen LogP contribution in [-0.2, 0) is 20.8 Å². The maximum atomic E-state index is 11.6. The molecule has 0 aliphatic rings. The third kappa shape index (κ3) is 6.92. The van der Waals surface area contributed by atoms with Crippen molar-refractivity contribution in [2.45, 2.75) is 0 Å².